The number of rotatable bonds is 4. The van der Waals surface area contributed by atoms with Crippen molar-refractivity contribution in [2.75, 3.05) is 0 Å². The number of hydrogen-bond acceptors (Lipinski definition) is 7. The van der Waals surface area contributed by atoms with Crippen LogP contribution >= 0.6 is 0 Å². The molecule has 0 unspecified atom stereocenters. The van der Waals surface area contributed by atoms with E-state index in [1.54, 1.807) is 38.1 Å². The van der Waals surface area contributed by atoms with E-state index in [0.29, 0.717) is 33.9 Å². The molecule has 0 spiro atoms. The molecule has 150 valence electrons. The van der Waals surface area contributed by atoms with Crippen molar-refractivity contribution in [2.45, 2.75) is 32.6 Å². The van der Waals surface area contributed by atoms with E-state index in [-0.39, 0.29) is 23.0 Å². The number of carbonyl (C=O) groups excluding carboxylic acids is 1. The minimum absolute atomic E-state index is 0.0792. The van der Waals surface area contributed by atoms with Gasteiger partial charge in [0.25, 0.3) is 0 Å². The van der Waals surface area contributed by atoms with Crippen LogP contribution in [0.4, 0.5) is 4.79 Å². The summed E-state index contributed by atoms with van der Waals surface area (Å²) in [6, 6.07) is 6.62. The van der Waals surface area contributed by atoms with E-state index >= 15 is 0 Å². The summed E-state index contributed by atoms with van der Waals surface area (Å²) in [7, 11) is 0. The van der Waals surface area contributed by atoms with Gasteiger partial charge < -0.3 is 9.63 Å². The van der Waals surface area contributed by atoms with Crippen molar-refractivity contribution < 1.29 is 19.2 Å². The summed E-state index contributed by atoms with van der Waals surface area (Å²) in [5, 5.41) is 21.6. The zero-order valence-corrected chi connectivity index (χ0v) is 16.3. The molecule has 1 N–H and O–H groups in total. The van der Waals surface area contributed by atoms with Gasteiger partial charge in [0, 0.05) is 17.7 Å². The van der Waals surface area contributed by atoms with Crippen molar-refractivity contribution in [1.82, 2.24) is 24.9 Å². The highest BCUT2D eigenvalue weighted by Crippen LogP contribution is 2.42. The van der Waals surface area contributed by atoms with Gasteiger partial charge in [-0.15, -0.1) is 5.10 Å². The molecular formula is C21H17N5O4. The fourth-order valence-electron chi connectivity index (χ4n) is 3.78. The van der Waals surface area contributed by atoms with Gasteiger partial charge in [0.2, 0.25) is 5.78 Å². The van der Waals surface area contributed by atoms with Crippen LogP contribution in [-0.2, 0) is 0 Å². The molecule has 9 nitrogen and oxygen atoms in total. The Kier molecular flexibility index (Phi) is 3.99. The van der Waals surface area contributed by atoms with E-state index in [1.807, 2.05) is 0 Å². The summed E-state index contributed by atoms with van der Waals surface area (Å²) in [4.78, 5) is 30.0. The van der Waals surface area contributed by atoms with E-state index < -0.39 is 6.09 Å². The van der Waals surface area contributed by atoms with Crippen LogP contribution in [0.2, 0.25) is 0 Å². The Morgan fingerprint density at radius 1 is 1.23 bits per heavy atom. The molecule has 1 saturated carbocycles. The van der Waals surface area contributed by atoms with Crippen LogP contribution in [0.5, 0.6) is 0 Å². The average Bonchev–Trinajstić information content (AvgIpc) is 3.43. The number of ketones is 1. The summed E-state index contributed by atoms with van der Waals surface area (Å²) in [5.74, 6) is 0.741. The molecule has 4 aromatic rings. The SMILES string of the molecule is Cc1noc(C)c1-c1cc(C(=O)c2cccnn2)c2nc(C3CC3)n(C(=O)O)c2c1. The lowest BCUT2D eigenvalue weighted by Crippen LogP contribution is -2.11. The summed E-state index contributed by atoms with van der Waals surface area (Å²) in [6.07, 6.45) is 2.10. The molecule has 1 fully saturated rings. The summed E-state index contributed by atoms with van der Waals surface area (Å²) in [6.45, 7) is 3.57. The second-order valence-electron chi connectivity index (χ2n) is 7.39. The average molecular weight is 403 g/mol. The third-order valence-electron chi connectivity index (χ3n) is 5.29. The molecule has 0 amide bonds. The topological polar surface area (TPSA) is 124 Å². The van der Waals surface area contributed by atoms with Gasteiger partial charge in [-0.2, -0.15) is 5.10 Å². The number of carbonyl (C=O) groups is 2. The number of benzene rings is 1. The Labute approximate surface area is 170 Å². The molecule has 0 atom stereocenters. The van der Waals surface area contributed by atoms with E-state index in [4.69, 9.17) is 4.52 Å². The van der Waals surface area contributed by atoms with Gasteiger partial charge in [-0.05, 0) is 56.5 Å². The van der Waals surface area contributed by atoms with E-state index in [0.717, 1.165) is 18.4 Å². The molecule has 0 radical (unpaired) electrons. The third-order valence-corrected chi connectivity index (χ3v) is 5.29. The first-order chi connectivity index (χ1) is 14.5. The van der Waals surface area contributed by atoms with Crippen LogP contribution in [0.15, 0.2) is 35.0 Å². The third kappa shape index (κ3) is 2.78. The van der Waals surface area contributed by atoms with Crippen molar-refractivity contribution in [1.29, 1.82) is 0 Å². The largest absolute Gasteiger partial charge is 0.464 e. The molecular weight excluding hydrogens is 386 g/mol. The maximum absolute atomic E-state index is 13.3. The smallest absolute Gasteiger partial charge is 0.417 e. The number of carboxylic acid groups (broad SMARTS) is 1. The molecule has 1 aliphatic carbocycles. The molecule has 1 aromatic carbocycles. The number of hydrogen-bond donors (Lipinski definition) is 1. The van der Waals surface area contributed by atoms with Gasteiger partial charge in [0.05, 0.1) is 16.8 Å². The number of nitrogens with zero attached hydrogens (tertiary/aromatic N) is 5. The van der Waals surface area contributed by atoms with Crippen molar-refractivity contribution >= 4 is 22.9 Å². The zero-order chi connectivity index (χ0) is 21.0. The second-order valence-corrected chi connectivity index (χ2v) is 7.39. The Hall–Kier alpha value is -3.88. The minimum Gasteiger partial charge on any atom is -0.464 e. The van der Waals surface area contributed by atoms with Crippen molar-refractivity contribution in [3.05, 3.63) is 59.0 Å². The van der Waals surface area contributed by atoms with E-state index in [9.17, 15) is 14.7 Å². The molecule has 30 heavy (non-hydrogen) atoms. The van der Waals surface area contributed by atoms with Crippen molar-refractivity contribution in [3.63, 3.8) is 0 Å². The first kappa shape index (κ1) is 18.2. The predicted molar refractivity (Wildman–Crippen MR) is 106 cm³/mol. The van der Waals surface area contributed by atoms with Gasteiger partial charge in [0.15, 0.2) is 0 Å². The molecule has 0 aliphatic heterocycles. The maximum atomic E-state index is 13.3. The van der Waals surface area contributed by atoms with Crippen molar-refractivity contribution in [3.8, 4) is 11.1 Å². The fourth-order valence-corrected chi connectivity index (χ4v) is 3.78. The number of aromatic nitrogens is 5. The number of fused-ring (bicyclic) bond motifs is 1. The molecule has 1 aliphatic rings. The van der Waals surface area contributed by atoms with Crippen LogP contribution in [0.3, 0.4) is 0 Å². The Morgan fingerprint density at radius 3 is 2.63 bits per heavy atom. The Morgan fingerprint density at radius 2 is 2.03 bits per heavy atom. The lowest BCUT2D eigenvalue weighted by molar-refractivity contribution is 0.103. The summed E-state index contributed by atoms with van der Waals surface area (Å²) < 4.78 is 6.46. The van der Waals surface area contributed by atoms with Crippen LogP contribution in [0, 0.1) is 13.8 Å². The van der Waals surface area contributed by atoms with Crippen LogP contribution in [0.25, 0.3) is 22.2 Å². The predicted octanol–water partition coefficient (Wildman–Crippen LogP) is 3.73. The Bertz CT molecular complexity index is 1300. The normalized spacial score (nSPS) is 13.7. The number of imidazole rings is 1. The first-order valence-corrected chi connectivity index (χ1v) is 9.51. The minimum atomic E-state index is -1.13. The van der Waals surface area contributed by atoms with Gasteiger partial charge in [-0.25, -0.2) is 14.3 Å². The van der Waals surface area contributed by atoms with Gasteiger partial charge in [0.1, 0.15) is 22.8 Å². The van der Waals surface area contributed by atoms with Crippen LogP contribution in [0.1, 0.15) is 52.1 Å². The quantitative estimate of drug-likeness (QED) is 0.511. The highest BCUT2D eigenvalue weighted by Gasteiger charge is 2.33. The van der Waals surface area contributed by atoms with E-state index in [1.165, 1.54) is 10.8 Å². The second kappa shape index (κ2) is 6.58. The zero-order valence-electron chi connectivity index (χ0n) is 16.3. The van der Waals surface area contributed by atoms with Crippen LogP contribution in [-0.4, -0.2) is 41.9 Å². The van der Waals surface area contributed by atoms with Crippen molar-refractivity contribution in [2.24, 2.45) is 0 Å². The Balaban J connectivity index is 1.84. The highest BCUT2D eigenvalue weighted by atomic mass is 16.5. The summed E-state index contributed by atoms with van der Waals surface area (Å²) in [5.41, 5.74) is 3.12. The lowest BCUT2D eigenvalue weighted by atomic mass is 9.97. The van der Waals surface area contributed by atoms with Gasteiger partial charge >= 0.3 is 6.09 Å². The lowest BCUT2D eigenvalue weighted by Gasteiger charge is -2.08. The maximum Gasteiger partial charge on any atom is 0.417 e. The monoisotopic (exact) mass is 403 g/mol. The molecule has 0 saturated heterocycles. The summed E-state index contributed by atoms with van der Waals surface area (Å²) >= 11 is 0. The van der Waals surface area contributed by atoms with Gasteiger partial charge in [-0.1, -0.05) is 5.16 Å². The van der Waals surface area contributed by atoms with Gasteiger partial charge in [-0.3, -0.25) is 4.79 Å². The molecule has 5 rings (SSSR count). The number of aryl methyl sites for hydroxylation is 2. The van der Waals surface area contributed by atoms with Crippen LogP contribution < -0.4 is 0 Å². The molecule has 0 bridgehead atoms. The molecule has 3 aromatic heterocycles. The van der Waals surface area contributed by atoms with E-state index in [2.05, 4.69) is 20.3 Å². The fraction of sp³-hybridized carbons (Fsp3) is 0.238. The standard InChI is InChI=1S/C21H17N5O4/c1-10-17(11(2)30-25-10)13-8-14(19(27)15-4-3-7-22-24-15)18-16(9-13)26(21(28)29)20(23-18)12-5-6-12/h3-4,7-9,12H,5-6H2,1-2H3,(H,28,29). The molecule has 3 heterocycles. The first-order valence-electron chi connectivity index (χ1n) is 9.51. The molecule has 9 heteroatoms. The highest BCUT2D eigenvalue weighted by molar-refractivity contribution is 6.16.